The fourth-order valence-corrected chi connectivity index (χ4v) is 3.33. The summed E-state index contributed by atoms with van der Waals surface area (Å²) in [5.41, 5.74) is 0.568. The Morgan fingerprint density at radius 2 is 1.41 bits per heavy atom. The van der Waals surface area contributed by atoms with Crippen molar-refractivity contribution in [3.8, 4) is 5.75 Å². The molecule has 2 aliphatic heterocycles. The molecule has 0 spiro atoms. The molecule has 8 N–H and O–H groups in total. The van der Waals surface area contributed by atoms with E-state index in [9.17, 15) is 40.5 Å². The Morgan fingerprint density at radius 1 is 0.812 bits per heavy atom. The van der Waals surface area contributed by atoms with Crippen LogP contribution in [0.15, 0.2) is 24.3 Å². The fourth-order valence-electron chi connectivity index (χ4n) is 3.33. The third kappa shape index (κ3) is 5.18. The number of carboxylic acid groups (broad SMARTS) is 1. The second kappa shape index (κ2) is 10.4. The Balaban J connectivity index is 1.58. The summed E-state index contributed by atoms with van der Waals surface area (Å²) >= 11 is 0. The maximum atomic E-state index is 11.1. The summed E-state index contributed by atoms with van der Waals surface area (Å²) in [6.07, 6.45) is -15.6. The van der Waals surface area contributed by atoms with Gasteiger partial charge in [-0.25, -0.2) is 4.79 Å². The van der Waals surface area contributed by atoms with Crippen LogP contribution in [-0.2, 0) is 25.6 Å². The summed E-state index contributed by atoms with van der Waals surface area (Å²) in [6, 6.07) is 5.95. The molecule has 1 aromatic carbocycles. The Morgan fingerprint density at radius 3 is 2.00 bits per heavy atom. The second-order valence-corrected chi connectivity index (χ2v) is 7.51. The molecule has 2 saturated heterocycles. The number of aliphatic hydroxyl groups excluding tert-OH is 7. The zero-order chi connectivity index (χ0) is 23.6. The van der Waals surface area contributed by atoms with E-state index < -0.39 is 74.0 Å². The van der Waals surface area contributed by atoms with Crippen molar-refractivity contribution in [3.63, 3.8) is 0 Å². The highest BCUT2D eigenvalue weighted by Gasteiger charge is 2.48. The fraction of sp³-hybridized carbons (Fsp3) is 0.632. The summed E-state index contributed by atoms with van der Waals surface area (Å²) in [7, 11) is 0. The smallest absolute Gasteiger partial charge is 0.335 e. The van der Waals surface area contributed by atoms with E-state index in [1.807, 2.05) is 0 Å². The Bertz CT molecular complexity index is 756. The molecule has 1 aromatic rings. The third-order valence-electron chi connectivity index (χ3n) is 5.25. The molecule has 2 fully saturated rings. The number of hydrogen-bond donors (Lipinski definition) is 8. The minimum absolute atomic E-state index is 0.0858. The van der Waals surface area contributed by atoms with Gasteiger partial charge in [-0.2, -0.15) is 0 Å². The Kier molecular flexibility index (Phi) is 8.00. The molecule has 13 nitrogen and oxygen atoms in total. The molecule has 180 valence electrons. The highest BCUT2D eigenvalue weighted by molar-refractivity contribution is 5.73. The maximum absolute atomic E-state index is 11.1. The Hall–Kier alpha value is -1.91. The van der Waals surface area contributed by atoms with Crippen LogP contribution in [-0.4, -0.2) is 115 Å². The predicted molar refractivity (Wildman–Crippen MR) is 99.9 cm³/mol. The number of carbonyl (C=O) groups is 1. The van der Waals surface area contributed by atoms with E-state index in [-0.39, 0.29) is 12.4 Å². The molecule has 0 saturated carbocycles. The van der Waals surface area contributed by atoms with Crippen LogP contribution in [0, 0.1) is 0 Å². The number of carboxylic acids is 1. The molecule has 2 heterocycles. The monoisotopic (exact) mass is 462 g/mol. The van der Waals surface area contributed by atoms with E-state index in [4.69, 9.17) is 24.1 Å². The topological polar surface area (TPSA) is 216 Å². The molecule has 2 aliphatic rings. The largest absolute Gasteiger partial charge is 0.479 e. The lowest BCUT2D eigenvalue weighted by atomic mass is 9.99. The van der Waals surface area contributed by atoms with E-state index in [0.717, 1.165) is 0 Å². The highest BCUT2D eigenvalue weighted by atomic mass is 16.7. The first kappa shape index (κ1) is 24.7. The number of benzene rings is 1. The summed E-state index contributed by atoms with van der Waals surface area (Å²) in [4.78, 5) is 11.1. The van der Waals surface area contributed by atoms with E-state index in [0.29, 0.717) is 5.56 Å². The quantitative estimate of drug-likeness (QED) is 0.196. The molecule has 13 heteroatoms. The van der Waals surface area contributed by atoms with Crippen LogP contribution in [0.2, 0.25) is 0 Å². The van der Waals surface area contributed by atoms with Crippen molar-refractivity contribution in [2.24, 2.45) is 0 Å². The first-order valence-corrected chi connectivity index (χ1v) is 9.74. The van der Waals surface area contributed by atoms with Gasteiger partial charge < -0.3 is 59.8 Å². The average molecular weight is 462 g/mol. The number of rotatable bonds is 7. The maximum Gasteiger partial charge on any atom is 0.335 e. The molecule has 32 heavy (non-hydrogen) atoms. The molecule has 0 aromatic heterocycles. The van der Waals surface area contributed by atoms with Gasteiger partial charge in [0.15, 0.2) is 12.4 Å². The van der Waals surface area contributed by atoms with Gasteiger partial charge in [0.25, 0.3) is 0 Å². The van der Waals surface area contributed by atoms with E-state index in [1.165, 1.54) is 24.3 Å². The lowest BCUT2D eigenvalue weighted by molar-refractivity contribution is -0.304. The predicted octanol–water partition coefficient (Wildman–Crippen LogP) is -3.73. The van der Waals surface area contributed by atoms with Gasteiger partial charge in [-0.15, -0.1) is 0 Å². The molecule has 3 rings (SSSR count). The van der Waals surface area contributed by atoms with Gasteiger partial charge in [-0.05, 0) is 17.7 Å². The van der Waals surface area contributed by atoms with Crippen LogP contribution in [0.25, 0.3) is 0 Å². The first-order chi connectivity index (χ1) is 15.1. The van der Waals surface area contributed by atoms with Gasteiger partial charge in [0.1, 0.15) is 48.5 Å². The Labute approximate surface area is 181 Å². The van der Waals surface area contributed by atoms with Crippen molar-refractivity contribution in [1.82, 2.24) is 0 Å². The van der Waals surface area contributed by atoms with Crippen LogP contribution in [0.1, 0.15) is 5.56 Å². The lowest BCUT2D eigenvalue weighted by Crippen LogP contribution is -2.61. The van der Waals surface area contributed by atoms with Crippen molar-refractivity contribution < 1.29 is 64.6 Å². The molecular weight excluding hydrogens is 436 g/mol. The second-order valence-electron chi connectivity index (χ2n) is 7.51. The van der Waals surface area contributed by atoms with E-state index in [1.54, 1.807) is 0 Å². The minimum atomic E-state index is -1.83. The van der Waals surface area contributed by atoms with Crippen molar-refractivity contribution in [1.29, 1.82) is 0 Å². The molecule has 10 atom stereocenters. The molecule has 7 unspecified atom stereocenters. The number of ether oxygens (including phenoxy) is 4. The SMILES string of the molecule is O=C(O)C1O[C@@H](Oc2ccc(COC3OC(CO)[C@@H](O)C(O)C3O)cc2)C(O)C(O)[C@@H]1O. The summed E-state index contributed by atoms with van der Waals surface area (Å²) in [5.74, 6) is -1.38. The van der Waals surface area contributed by atoms with Crippen LogP contribution < -0.4 is 4.74 Å². The number of aliphatic hydroxyl groups is 7. The van der Waals surface area contributed by atoms with Crippen LogP contribution in [0.4, 0.5) is 0 Å². The highest BCUT2D eigenvalue weighted by Crippen LogP contribution is 2.26. The van der Waals surface area contributed by atoms with E-state index >= 15 is 0 Å². The standard InChI is InChI=1S/C19H26O13/c20-5-9-10(21)11(22)14(25)18(31-9)29-6-7-1-3-8(4-2-7)30-19-15(26)12(23)13(24)16(32-19)17(27)28/h1-4,9-16,18-26H,5-6H2,(H,27,28)/t9?,10-,11?,12?,13+,14?,15?,16?,18?,19-/m1/s1. The van der Waals surface area contributed by atoms with Crippen LogP contribution in [0.3, 0.4) is 0 Å². The molecule has 0 amide bonds. The summed E-state index contributed by atoms with van der Waals surface area (Å²) < 4.78 is 21.1. The minimum Gasteiger partial charge on any atom is -0.479 e. The van der Waals surface area contributed by atoms with Crippen LogP contribution >= 0.6 is 0 Å². The van der Waals surface area contributed by atoms with Gasteiger partial charge in [0.05, 0.1) is 13.2 Å². The zero-order valence-corrected chi connectivity index (χ0v) is 16.6. The van der Waals surface area contributed by atoms with Crippen molar-refractivity contribution in [3.05, 3.63) is 29.8 Å². The molecular formula is C19H26O13. The van der Waals surface area contributed by atoms with Gasteiger partial charge in [-0.3, -0.25) is 0 Å². The summed E-state index contributed by atoms with van der Waals surface area (Å²) in [6.45, 7) is -0.669. The zero-order valence-electron chi connectivity index (χ0n) is 16.6. The van der Waals surface area contributed by atoms with Crippen LogP contribution in [0.5, 0.6) is 5.75 Å². The van der Waals surface area contributed by atoms with Crippen molar-refractivity contribution >= 4 is 5.97 Å². The molecule has 0 aliphatic carbocycles. The first-order valence-electron chi connectivity index (χ1n) is 9.74. The van der Waals surface area contributed by atoms with Crippen molar-refractivity contribution in [2.45, 2.75) is 68.0 Å². The van der Waals surface area contributed by atoms with Crippen molar-refractivity contribution in [2.75, 3.05) is 6.61 Å². The van der Waals surface area contributed by atoms with Gasteiger partial charge in [0, 0.05) is 0 Å². The van der Waals surface area contributed by atoms with Gasteiger partial charge in [0.2, 0.25) is 6.29 Å². The third-order valence-corrected chi connectivity index (χ3v) is 5.25. The molecule has 0 radical (unpaired) electrons. The number of hydrogen-bond acceptors (Lipinski definition) is 12. The average Bonchev–Trinajstić information content (AvgIpc) is 2.78. The van der Waals surface area contributed by atoms with Gasteiger partial charge in [-0.1, -0.05) is 12.1 Å². The van der Waals surface area contributed by atoms with E-state index in [2.05, 4.69) is 0 Å². The molecule has 0 bridgehead atoms. The normalized spacial score (nSPS) is 40.1. The summed E-state index contributed by atoms with van der Waals surface area (Å²) in [5, 5.41) is 77.3. The lowest BCUT2D eigenvalue weighted by Gasteiger charge is -2.39. The van der Waals surface area contributed by atoms with Gasteiger partial charge >= 0.3 is 5.97 Å². The number of aliphatic carboxylic acids is 1.